The summed E-state index contributed by atoms with van der Waals surface area (Å²) in [6, 6.07) is 15.3. The average molecular weight is 369 g/mol. The first kappa shape index (κ1) is 17.5. The maximum absolute atomic E-state index is 13.7. The second kappa shape index (κ2) is 7.02. The number of hydrogen-bond acceptors (Lipinski definition) is 3. The highest BCUT2D eigenvalue weighted by Crippen LogP contribution is 2.44. The topological polar surface area (TPSA) is 66.8 Å². The minimum atomic E-state index is -1.21. The van der Waals surface area contributed by atoms with Crippen LogP contribution in [0.2, 0.25) is 0 Å². The van der Waals surface area contributed by atoms with E-state index >= 15 is 0 Å². The van der Waals surface area contributed by atoms with Crippen LogP contribution in [0, 0.1) is 0 Å². The molecule has 1 aliphatic carbocycles. The zero-order valence-electron chi connectivity index (χ0n) is 14.7. The van der Waals surface area contributed by atoms with Gasteiger partial charge in [-0.1, -0.05) is 48.5 Å². The molecule has 1 heterocycles. The van der Waals surface area contributed by atoms with E-state index in [0.717, 1.165) is 22.3 Å². The molecule has 1 amide bonds. The van der Waals surface area contributed by atoms with Crippen molar-refractivity contribution in [3.63, 3.8) is 0 Å². The zero-order chi connectivity index (χ0) is 19.0. The van der Waals surface area contributed by atoms with Crippen molar-refractivity contribution < 1.29 is 23.8 Å². The SMILES string of the molecule is O=C(O)C[C@H]1C[C@H](F)CN1C(=O)OCC1c2ccccc2-c2ccccc21. The van der Waals surface area contributed by atoms with Gasteiger partial charge in [-0.3, -0.25) is 4.79 Å². The summed E-state index contributed by atoms with van der Waals surface area (Å²) >= 11 is 0. The first-order valence-corrected chi connectivity index (χ1v) is 9.02. The first-order chi connectivity index (χ1) is 13.0. The Morgan fingerprint density at radius 2 is 1.67 bits per heavy atom. The van der Waals surface area contributed by atoms with Gasteiger partial charge in [-0.15, -0.1) is 0 Å². The van der Waals surface area contributed by atoms with Crippen LogP contribution in [-0.2, 0) is 9.53 Å². The molecular formula is C21H20FNO4. The Labute approximate surface area is 156 Å². The number of benzene rings is 2. The van der Waals surface area contributed by atoms with Gasteiger partial charge in [0.1, 0.15) is 12.8 Å². The number of carboxylic acids is 1. The molecule has 2 aromatic rings. The van der Waals surface area contributed by atoms with E-state index < -0.39 is 24.3 Å². The van der Waals surface area contributed by atoms with Gasteiger partial charge in [0.05, 0.1) is 13.0 Å². The van der Waals surface area contributed by atoms with E-state index in [9.17, 15) is 14.0 Å². The van der Waals surface area contributed by atoms with E-state index in [1.54, 1.807) is 0 Å². The van der Waals surface area contributed by atoms with Crippen LogP contribution in [0.5, 0.6) is 0 Å². The number of aliphatic carboxylic acids is 1. The van der Waals surface area contributed by atoms with Crippen LogP contribution in [-0.4, -0.2) is 47.4 Å². The zero-order valence-corrected chi connectivity index (χ0v) is 14.7. The molecule has 4 rings (SSSR count). The Morgan fingerprint density at radius 1 is 1.07 bits per heavy atom. The molecule has 0 radical (unpaired) electrons. The van der Waals surface area contributed by atoms with Gasteiger partial charge in [-0.25, -0.2) is 9.18 Å². The highest BCUT2D eigenvalue weighted by molar-refractivity contribution is 5.79. The van der Waals surface area contributed by atoms with Crippen molar-refractivity contribution in [1.82, 2.24) is 4.90 Å². The molecule has 27 heavy (non-hydrogen) atoms. The van der Waals surface area contributed by atoms with E-state index in [2.05, 4.69) is 0 Å². The lowest BCUT2D eigenvalue weighted by atomic mass is 9.98. The summed E-state index contributed by atoms with van der Waals surface area (Å²) in [6.07, 6.45) is -2.10. The monoisotopic (exact) mass is 369 g/mol. The van der Waals surface area contributed by atoms with Gasteiger partial charge < -0.3 is 14.7 Å². The maximum atomic E-state index is 13.7. The predicted octanol–water partition coefficient (Wildman–Crippen LogP) is 3.82. The van der Waals surface area contributed by atoms with E-state index in [1.807, 2.05) is 48.5 Å². The normalized spacial score (nSPS) is 21.0. The smallest absolute Gasteiger partial charge is 0.410 e. The van der Waals surface area contributed by atoms with Crippen molar-refractivity contribution in [2.45, 2.75) is 31.0 Å². The minimum absolute atomic E-state index is 0.0382. The van der Waals surface area contributed by atoms with Crippen LogP contribution in [0.1, 0.15) is 29.9 Å². The fourth-order valence-corrected chi connectivity index (χ4v) is 4.16. The largest absolute Gasteiger partial charge is 0.481 e. The highest BCUT2D eigenvalue weighted by Gasteiger charge is 2.38. The van der Waals surface area contributed by atoms with Crippen molar-refractivity contribution in [2.75, 3.05) is 13.2 Å². The van der Waals surface area contributed by atoms with Gasteiger partial charge in [0.15, 0.2) is 0 Å². The second-order valence-electron chi connectivity index (χ2n) is 7.04. The lowest BCUT2D eigenvalue weighted by Crippen LogP contribution is -2.38. The summed E-state index contributed by atoms with van der Waals surface area (Å²) in [5, 5.41) is 8.98. The van der Waals surface area contributed by atoms with Crippen molar-refractivity contribution in [3.8, 4) is 11.1 Å². The molecule has 2 atom stereocenters. The molecule has 0 aromatic heterocycles. The molecule has 0 unspecified atom stereocenters. The molecule has 1 aliphatic heterocycles. The van der Waals surface area contributed by atoms with Crippen molar-refractivity contribution in [1.29, 1.82) is 0 Å². The summed E-state index contributed by atoms with van der Waals surface area (Å²) in [6.45, 7) is 0.0225. The number of nitrogens with zero attached hydrogens (tertiary/aromatic N) is 1. The van der Waals surface area contributed by atoms with Crippen LogP contribution < -0.4 is 0 Å². The van der Waals surface area contributed by atoms with Gasteiger partial charge >= 0.3 is 12.1 Å². The first-order valence-electron chi connectivity index (χ1n) is 9.02. The lowest BCUT2D eigenvalue weighted by molar-refractivity contribution is -0.138. The van der Waals surface area contributed by atoms with Crippen LogP contribution in [0.4, 0.5) is 9.18 Å². The molecule has 1 N–H and O–H groups in total. The molecule has 1 fully saturated rings. The molecule has 0 saturated carbocycles. The van der Waals surface area contributed by atoms with Gasteiger partial charge in [-0.2, -0.15) is 0 Å². The quantitative estimate of drug-likeness (QED) is 0.890. The summed E-state index contributed by atoms with van der Waals surface area (Å²) in [4.78, 5) is 24.7. The Balaban J connectivity index is 1.50. The lowest BCUT2D eigenvalue weighted by Gasteiger charge is -2.23. The highest BCUT2D eigenvalue weighted by atomic mass is 19.1. The van der Waals surface area contributed by atoms with E-state index in [1.165, 1.54) is 4.90 Å². The van der Waals surface area contributed by atoms with Gasteiger partial charge in [0.25, 0.3) is 0 Å². The molecule has 0 bridgehead atoms. The van der Waals surface area contributed by atoms with E-state index in [0.29, 0.717) is 0 Å². The van der Waals surface area contributed by atoms with Gasteiger partial charge in [-0.05, 0) is 22.3 Å². The molecule has 1 saturated heterocycles. The molecule has 2 aromatic carbocycles. The summed E-state index contributed by atoms with van der Waals surface area (Å²) in [5.74, 6) is -1.13. The number of carbonyl (C=O) groups excluding carboxylic acids is 1. The van der Waals surface area contributed by atoms with Crippen LogP contribution in [0.25, 0.3) is 11.1 Å². The number of alkyl halides is 1. The Hall–Kier alpha value is -2.89. The molecule has 0 spiro atoms. The number of halogens is 1. The number of amides is 1. The summed E-state index contributed by atoms with van der Waals surface area (Å²) < 4.78 is 19.2. The van der Waals surface area contributed by atoms with Crippen LogP contribution >= 0.6 is 0 Å². The maximum Gasteiger partial charge on any atom is 0.410 e. The molecule has 5 nitrogen and oxygen atoms in total. The Morgan fingerprint density at radius 3 is 2.26 bits per heavy atom. The average Bonchev–Trinajstić information content (AvgIpc) is 3.17. The minimum Gasteiger partial charge on any atom is -0.481 e. The third kappa shape index (κ3) is 3.27. The number of rotatable bonds is 4. The molecular weight excluding hydrogens is 349 g/mol. The molecule has 2 aliphatic rings. The van der Waals surface area contributed by atoms with E-state index in [4.69, 9.17) is 9.84 Å². The second-order valence-corrected chi connectivity index (χ2v) is 7.04. The number of likely N-dealkylation sites (tertiary alicyclic amines) is 1. The number of carboxylic acid groups (broad SMARTS) is 1. The fraction of sp³-hybridized carbons (Fsp3) is 0.333. The third-order valence-corrected chi connectivity index (χ3v) is 5.34. The molecule has 140 valence electrons. The number of fused-ring (bicyclic) bond motifs is 3. The predicted molar refractivity (Wildman–Crippen MR) is 97.3 cm³/mol. The van der Waals surface area contributed by atoms with Crippen molar-refractivity contribution >= 4 is 12.1 Å². The van der Waals surface area contributed by atoms with Crippen LogP contribution in [0.3, 0.4) is 0 Å². The van der Waals surface area contributed by atoms with Crippen LogP contribution in [0.15, 0.2) is 48.5 Å². The Kier molecular flexibility index (Phi) is 4.56. The molecule has 6 heteroatoms. The third-order valence-electron chi connectivity index (χ3n) is 5.34. The number of carbonyl (C=O) groups is 2. The van der Waals surface area contributed by atoms with E-state index in [-0.39, 0.29) is 31.9 Å². The van der Waals surface area contributed by atoms with Gasteiger partial charge in [0.2, 0.25) is 0 Å². The fourth-order valence-electron chi connectivity index (χ4n) is 4.16. The number of ether oxygens (including phenoxy) is 1. The van der Waals surface area contributed by atoms with Crippen molar-refractivity contribution in [3.05, 3.63) is 59.7 Å². The number of hydrogen-bond donors (Lipinski definition) is 1. The summed E-state index contributed by atoms with van der Waals surface area (Å²) in [5.41, 5.74) is 4.45. The summed E-state index contributed by atoms with van der Waals surface area (Å²) in [7, 11) is 0. The van der Waals surface area contributed by atoms with Gasteiger partial charge in [0, 0.05) is 18.4 Å². The standard InChI is InChI=1S/C21H20FNO4/c22-13-9-14(10-20(24)25)23(11-13)21(26)27-12-19-17-7-3-1-5-15(17)16-6-2-4-8-18(16)19/h1-8,13-14,19H,9-12H2,(H,24,25)/t13-,14+/m0/s1. The van der Waals surface area contributed by atoms with Crippen molar-refractivity contribution in [2.24, 2.45) is 0 Å². The Bertz CT molecular complexity index is 838.